The van der Waals surface area contributed by atoms with Crippen molar-refractivity contribution in [3.63, 3.8) is 0 Å². The normalized spacial score (nSPS) is 15.7. The van der Waals surface area contributed by atoms with E-state index in [2.05, 4.69) is 23.2 Å². The van der Waals surface area contributed by atoms with Gasteiger partial charge >= 0.3 is 0 Å². The Kier molecular flexibility index (Phi) is 2.96. The SMILES string of the molecule is Cc1nc(C)c(C(O)c2ccc3c(c2)CCC3)s1. The van der Waals surface area contributed by atoms with E-state index >= 15 is 0 Å². The maximum atomic E-state index is 10.5. The topological polar surface area (TPSA) is 33.1 Å². The zero-order valence-corrected chi connectivity index (χ0v) is 11.5. The van der Waals surface area contributed by atoms with Crippen LogP contribution in [0.25, 0.3) is 0 Å². The van der Waals surface area contributed by atoms with Crippen molar-refractivity contribution in [2.24, 2.45) is 0 Å². The Morgan fingerprint density at radius 3 is 2.72 bits per heavy atom. The molecule has 1 atom stereocenters. The van der Waals surface area contributed by atoms with E-state index in [1.807, 2.05) is 13.8 Å². The number of rotatable bonds is 2. The van der Waals surface area contributed by atoms with Gasteiger partial charge in [0.15, 0.2) is 0 Å². The molecule has 3 rings (SSSR count). The maximum Gasteiger partial charge on any atom is 0.115 e. The predicted molar refractivity (Wildman–Crippen MR) is 74.1 cm³/mol. The number of aliphatic hydroxyl groups excluding tert-OH is 1. The van der Waals surface area contributed by atoms with Gasteiger partial charge in [-0.3, -0.25) is 0 Å². The molecule has 0 saturated carbocycles. The van der Waals surface area contributed by atoms with Gasteiger partial charge in [0.2, 0.25) is 0 Å². The van der Waals surface area contributed by atoms with Crippen LogP contribution in [-0.2, 0) is 12.8 Å². The van der Waals surface area contributed by atoms with E-state index in [9.17, 15) is 5.11 Å². The molecule has 0 fully saturated rings. The van der Waals surface area contributed by atoms with E-state index in [0.717, 1.165) is 27.6 Å². The Labute approximate surface area is 111 Å². The number of thiazole rings is 1. The van der Waals surface area contributed by atoms with E-state index < -0.39 is 6.10 Å². The van der Waals surface area contributed by atoms with Crippen LogP contribution in [-0.4, -0.2) is 10.1 Å². The van der Waals surface area contributed by atoms with Crippen LogP contribution in [0, 0.1) is 13.8 Å². The first kappa shape index (κ1) is 11.9. The number of nitrogens with zero attached hydrogens (tertiary/aromatic N) is 1. The van der Waals surface area contributed by atoms with Gasteiger partial charge in [0.25, 0.3) is 0 Å². The van der Waals surface area contributed by atoms with Crippen LogP contribution in [0.2, 0.25) is 0 Å². The molecule has 1 aromatic carbocycles. The van der Waals surface area contributed by atoms with Gasteiger partial charge in [0.1, 0.15) is 6.10 Å². The molecule has 1 aromatic heterocycles. The van der Waals surface area contributed by atoms with Crippen LogP contribution in [0.3, 0.4) is 0 Å². The van der Waals surface area contributed by atoms with Crippen molar-refractivity contribution in [1.29, 1.82) is 0 Å². The number of fused-ring (bicyclic) bond motifs is 1. The minimum atomic E-state index is -0.526. The fourth-order valence-electron chi connectivity index (χ4n) is 2.71. The standard InChI is InChI=1S/C15H17NOS/c1-9-15(18-10(2)16-9)14(17)13-7-6-11-4-3-5-12(11)8-13/h6-8,14,17H,3-5H2,1-2H3. The molecule has 0 bridgehead atoms. The van der Waals surface area contributed by atoms with Gasteiger partial charge in [-0.05, 0) is 49.8 Å². The lowest BCUT2D eigenvalue weighted by Crippen LogP contribution is -2.00. The van der Waals surface area contributed by atoms with E-state index in [1.54, 1.807) is 11.3 Å². The number of hydrogen-bond donors (Lipinski definition) is 1. The van der Waals surface area contributed by atoms with Crippen molar-refractivity contribution in [3.8, 4) is 0 Å². The highest BCUT2D eigenvalue weighted by molar-refractivity contribution is 7.11. The molecule has 0 spiro atoms. The smallest absolute Gasteiger partial charge is 0.115 e. The van der Waals surface area contributed by atoms with E-state index in [1.165, 1.54) is 24.0 Å². The fraction of sp³-hybridized carbons (Fsp3) is 0.400. The first-order valence-corrected chi connectivity index (χ1v) is 7.20. The first-order valence-electron chi connectivity index (χ1n) is 6.39. The molecule has 94 valence electrons. The van der Waals surface area contributed by atoms with E-state index in [-0.39, 0.29) is 0 Å². The first-order chi connectivity index (χ1) is 8.65. The van der Waals surface area contributed by atoms with Gasteiger partial charge in [0.05, 0.1) is 15.6 Å². The van der Waals surface area contributed by atoms with Crippen molar-refractivity contribution in [3.05, 3.63) is 50.5 Å². The molecule has 3 heteroatoms. The van der Waals surface area contributed by atoms with E-state index in [4.69, 9.17) is 0 Å². The molecular weight excluding hydrogens is 242 g/mol. The highest BCUT2D eigenvalue weighted by Gasteiger charge is 2.19. The van der Waals surface area contributed by atoms with Crippen molar-refractivity contribution in [1.82, 2.24) is 4.98 Å². The van der Waals surface area contributed by atoms with Gasteiger partial charge in [-0.15, -0.1) is 11.3 Å². The van der Waals surface area contributed by atoms with Crippen molar-refractivity contribution >= 4 is 11.3 Å². The highest BCUT2D eigenvalue weighted by atomic mass is 32.1. The number of benzene rings is 1. The molecule has 18 heavy (non-hydrogen) atoms. The van der Waals surface area contributed by atoms with Gasteiger partial charge in [-0.2, -0.15) is 0 Å². The summed E-state index contributed by atoms with van der Waals surface area (Å²) in [5.41, 5.74) is 4.81. The zero-order valence-electron chi connectivity index (χ0n) is 10.7. The third kappa shape index (κ3) is 1.98. The third-order valence-electron chi connectivity index (χ3n) is 3.63. The second-order valence-electron chi connectivity index (χ2n) is 4.97. The van der Waals surface area contributed by atoms with Gasteiger partial charge in [0, 0.05) is 0 Å². The van der Waals surface area contributed by atoms with Gasteiger partial charge < -0.3 is 5.11 Å². The van der Waals surface area contributed by atoms with E-state index in [0.29, 0.717) is 0 Å². The Bertz CT molecular complexity index is 588. The summed E-state index contributed by atoms with van der Waals surface area (Å²) in [5, 5.41) is 11.5. The van der Waals surface area contributed by atoms with Crippen LogP contribution in [0.15, 0.2) is 18.2 Å². The molecular formula is C15H17NOS. The second kappa shape index (κ2) is 4.48. The van der Waals surface area contributed by atoms with Crippen LogP contribution >= 0.6 is 11.3 Å². The average molecular weight is 259 g/mol. The molecule has 0 saturated heterocycles. The number of aryl methyl sites for hydroxylation is 4. The summed E-state index contributed by atoms with van der Waals surface area (Å²) in [6, 6.07) is 6.40. The Morgan fingerprint density at radius 1 is 1.22 bits per heavy atom. The lowest BCUT2D eigenvalue weighted by molar-refractivity contribution is 0.223. The summed E-state index contributed by atoms with van der Waals surface area (Å²) in [4.78, 5) is 5.37. The molecule has 1 aliphatic carbocycles. The fourth-order valence-corrected chi connectivity index (χ4v) is 3.66. The molecule has 1 aliphatic rings. The summed E-state index contributed by atoms with van der Waals surface area (Å²) in [6.45, 7) is 3.95. The van der Waals surface area contributed by atoms with Crippen LogP contribution in [0.1, 0.15) is 44.8 Å². The van der Waals surface area contributed by atoms with Gasteiger partial charge in [-0.1, -0.05) is 18.2 Å². The van der Waals surface area contributed by atoms with Gasteiger partial charge in [-0.25, -0.2) is 4.98 Å². The molecule has 1 heterocycles. The Hall–Kier alpha value is -1.19. The average Bonchev–Trinajstić information content (AvgIpc) is 2.93. The summed E-state index contributed by atoms with van der Waals surface area (Å²) in [7, 11) is 0. The quantitative estimate of drug-likeness (QED) is 0.897. The van der Waals surface area contributed by atoms with Crippen LogP contribution in [0.4, 0.5) is 0 Å². The van der Waals surface area contributed by atoms with Crippen LogP contribution in [0.5, 0.6) is 0 Å². The summed E-state index contributed by atoms with van der Waals surface area (Å²) < 4.78 is 0. The summed E-state index contributed by atoms with van der Waals surface area (Å²) >= 11 is 1.59. The lowest BCUT2D eigenvalue weighted by atomic mass is 10.0. The summed E-state index contributed by atoms with van der Waals surface area (Å²) in [5.74, 6) is 0. The molecule has 2 aromatic rings. The lowest BCUT2D eigenvalue weighted by Gasteiger charge is -2.11. The van der Waals surface area contributed by atoms with Crippen molar-refractivity contribution in [2.45, 2.75) is 39.2 Å². The maximum absolute atomic E-state index is 10.5. The molecule has 1 N–H and O–H groups in total. The monoisotopic (exact) mass is 259 g/mol. The molecule has 1 unspecified atom stereocenters. The number of hydrogen-bond acceptors (Lipinski definition) is 3. The molecule has 2 nitrogen and oxygen atoms in total. The minimum Gasteiger partial charge on any atom is -0.383 e. The summed E-state index contributed by atoms with van der Waals surface area (Å²) in [6.07, 6.45) is 3.05. The predicted octanol–water partition coefficient (Wildman–Crippen LogP) is 3.33. The molecule has 0 radical (unpaired) electrons. The van der Waals surface area contributed by atoms with Crippen molar-refractivity contribution in [2.75, 3.05) is 0 Å². The second-order valence-corrected chi connectivity index (χ2v) is 6.20. The highest BCUT2D eigenvalue weighted by Crippen LogP contribution is 2.32. The molecule has 0 aliphatic heterocycles. The Morgan fingerprint density at radius 2 is 2.00 bits per heavy atom. The minimum absolute atomic E-state index is 0.526. The number of aromatic nitrogens is 1. The van der Waals surface area contributed by atoms with Crippen molar-refractivity contribution < 1.29 is 5.11 Å². The zero-order chi connectivity index (χ0) is 12.7. The third-order valence-corrected chi connectivity index (χ3v) is 4.75. The largest absolute Gasteiger partial charge is 0.383 e. The number of aliphatic hydroxyl groups is 1. The van der Waals surface area contributed by atoms with Crippen LogP contribution < -0.4 is 0 Å². The molecule has 0 amide bonds. The Balaban J connectivity index is 1.97.